The van der Waals surface area contributed by atoms with Gasteiger partial charge in [-0.05, 0) is 61.1 Å². The van der Waals surface area contributed by atoms with Gasteiger partial charge in [0.25, 0.3) is 5.91 Å². The number of hydrogen-bond acceptors (Lipinski definition) is 3. The molecule has 1 N–H and O–H groups in total. The Morgan fingerprint density at radius 2 is 1.92 bits per heavy atom. The molecule has 4 nitrogen and oxygen atoms in total. The van der Waals surface area contributed by atoms with Crippen LogP contribution in [0.2, 0.25) is 0 Å². The average molecular weight is 402 g/mol. The van der Waals surface area contributed by atoms with Gasteiger partial charge in [0.2, 0.25) is 0 Å². The van der Waals surface area contributed by atoms with Crippen LogP contribution in [0.4, 0.5) is 0 Å². The van der Waals surface area contributed by atoms with Crippen molar-refractivity contribution in [2.24, 2.45) is 0 Å². The first-order valence-corrected chi connectivity index (χ1v) is 9.16. The minimum atomic E-state index is -0.460. The lowest BCUT2D eigenvalue weighted by Gasteiger charge is -2.16. The number of halogens is 1. The van der Waals surface area contributed by atoms with E-state index in [2.05, 4.69) is 21.2 Å². The monoisotopic (exact) mass is 401 g/mol. The van der Waals surface area contributed by atoms with Gasteiger partial charge < -0.3 is 10.1 Å². The van der Waals surface area contributed by atoms with Crippen molar-refractivity contribution in [2.45, 2.75) is 32.2 Å². The van der Waals surface area contributed by atoms with Crippen molar-refractivity contribution >= 4 is 27.8 Å². The smallest absolute Gasteiger partial charge is 0.338 e. The second-order valence-corrected chi connectivity index (χ2v) is 7.08. The lowest BCUT2D eigenvalue weighted by Crippen LogP contribution is -2.31. The number of nitrogens with one attached hydrogen (secondary N) is 1. The Morgan fingerprint density at radius 3 is 2.72 bits per heavy atom. The number of benzene rings is 2. The Kier molecular flexibility index (Phi) is 5.53. The van der Waals surface area contributed by atoms with E-state index in [0.717, 1.165) is 29.3 Å². The van der Waals surface area contributed by atoms with Gasteiger partial charge in [0.05, 0.1) is 11.6 Å². The van der Waals surface area contributed by atoms with E-state index < -0.39 is 5.97 Å². The van der Waals surface area contributed by atoms with E-state index in [-0.39, 0.29) is 18.6 Å². The van der Waals surface area contributed by atoms with Gasteiger partial charge in [-0.3, -0.25) is 4.79 Å². The van der Waals surface area contributed by atoms with Crippen molar-refractivity contribution in [3.8, 4) is 0 Å². The minimum Gasteiger partial charge on any atom is -0.452 e. The van der Waals surface area contributed by atoms with Gasteiger partial charge in [0.15, 0.2) is 6.61 Å². The fourth-order valence-electron chi connectivity index (χ4n) is 3.10. The maximum absolute atomic E-state index is 12.1. The lowest BCUT2D eigenvalue weighted by molar-refractivity contribution is -0.124. The van der Waals surface area contributed by atoms with E-state index in [1.165, 1.54) is 11.1 Å². The first-order chi connectivity index (χ1) is 12.0. The Labute approximate surface area is 155 Å². The van der Waals surface area contributed by atoms with Gasteiger partial charge in [-0.15, -0.1) is 0 Å². The highest BCUT2D eigenvalue weighted by Gasteiger charge is 2.17. The predicted octanol–water partition coefficient (Wildman–Crippen LogP) is 3.97. The second kappa shape index (κ2) is 7.83. The number of ether oxygens (including phenoxy) is 1. The summed E-state index contributed by atoms with van der Waals surface area (Å²) >= 11 is 3.47. The molecule has 5 heteroatoms. The summed E-state index contributed by atoms with van der Waals surface area (Å²) in [5, 5.41) is 2.84. The summed E-state index contributed by atoms with van der Waals surface area (Å²) in [6.07, 6.45) is 3.20. The van der Waals surface area contributed by atoms with Crippen LogP contribution in [0.1, 0.15) is 46.4 Å². The number of rotatable bonds is 5. The highest BCUT2D eigenvalue weighted by molar-refractivity contribution is 9.10. The van der Waals surface area contributed by atoms with Gasteiger partial charge in [-0.25, -0.2) is 4.79 Å². The highest BCUT2D eigenvalue weighted by atomic mass is 79.9. The van der Waals surface area contributed by atoms with Crippen LogP contribution in [0.3, 0.4) is 0 Å². The van der Waals surface area contributed by atoms with E-state index in [1.807, 2.05) is 43.3 Å². The van der Waals surface area contributed by atoms with Crippen LogP contribution in [-0.2, 0) is 22.4 Å². The maximum Gasteiger partial charge on any atom is 0.338 e. The molecule has 0 aromatic heterocycles. The number of carbonyl (C=O) groups is 2. The number of aryl methyl sites for hydroxylation is 2. The van der Waals surface area contributed by atoms with Gasteiger partial charge >= 0.3 is 5.97 Å². The zero-order valence-corrected chi connectivity index (χ0v) is 15.6. The Morgan fingerprint density at radius 1 is 1.16 bits per heavy atom. The average Bonchev–Trinajstić information content (AvgIpc) is 3.07. The third-order valence-corrected chi connectivity index (χ3v) is 5.14. The molecule has 3 rings (SSSR count). The van der Waals surface area contributed by atoms with Crippen LogP contribution in [-0.4, -0.2) is 18.5 Å². The van der Waals surface area contributed by atoms with Crippen LogP contribution in [0.15, 0.2) is 46.9 Å². The molecule has 0 fully saturated rings. The van der Waals surface area contributed by atoms with Crippen molar-refractivity contribution in [1.29, 1.82) is 0 Å². The molecule has 25 heavy (non-hydrogen) atoms. The molecule has 1 aliphatic carbocycles. The highest BCUT2D eigenvalue weighted by Crippen LogP contribution is 2.24. The van der Waals surface area contributed by atoms with Gasteiger partial charge in [-0.2, -0.15) is 0 Å². The van der Waals surface area contributed by atoms with Crippen LogP contribution in [0.25, 0.3) is 0 Å². The topological polar surface area (TPSA) is 55.4 Å². The van der Waals surface area contributed by atoms with Crippen LogP contribution < -0.4 is 5.32 Å². The molecule has 2 aromatic carbocycles. The van der Waals surface area contributed by atoms with Gasteiger partial charge in [0, 0.05) is 4.47 Å². The number of hydrogen-bond donors (Lipinski definition) is 1. The third-order valence-electron chi connectivity index (χ3n) is 4.42. The second-order valence-electron chi connectivity index (χ2n) is 6.22. The van der Waals surface area contributed by atoms with Crippen molar-refractivity contribution in [1.82, 2.24) is 5.32 Å². The van der Waals surface area contributed by atoms with E-state index in [1.54, 1.807) is 6.07 Å². The summed E-state index contributed by atoms with van der Waals surface area (Å²) in [5.41, 5.74) is 3.99. The van der Waals surface area contributed by atoms with Crippen LogP contribution >= 0.6 is 15.9 Å². The molecule has 1 atom stereocenters. The molecule has 0 bridgehead atoms. The summed E-state index contributed by atoms with van der Waals surface area (Å²) < 4.78 is 6.08. The Bertz CT molecular complexity index is 803. The van der Waals surface area contributed by atoms with E-state index in [9.17, 15) is 9.59 Å². The molecule has 0 radical (unpaired) electrons. The lowest BCUT2D eigenvalue weighted by atomic mass is 10.1. The summed E-state index contributed by atoms with van der Waals surface area (Å²) in [5.74, 6) is -0.781. The predicted molar refractivity (Wildman–Crippen MR) is 99.4 cm³/mol. The molecular formula is C20H20BrNO3. The molecule has 0 unspecified atom stereocenters. The van der Waals surface area contributed by atoms with Gasteiger partial charge in [-0.1, -0.05) is 40.2 Å². The summed E-state index contributed by atoms with van der Waals surface area (Å²) in [6.45, 7) is 1.60. The molecular weight excluding hydrogens is 382 g/mol. The normalized spacial score (nSPS) is 13.8. The van der Waals surface area contributed by atoms with Crippen molar-refractivity contribution in [2.75, 3.05) is 6.61 Å². The first-order valence-electron chi connectivity index (χ1n) is 8.37. The minimum absolute atomic E-state index is 0.179. The van der Waals surface area contributed by atoms with Crippen molar-refractivity contribution < 1.29 is 14.3 Å². The molecule has 1 aliphatic rings. The fraction of sp³-hybridized carbons (Fsp3) is 0.300. The van der Waals surface area contributed by atoms with Crippen molar-refractivity contribution in [3.05, 3.63) is 69.2 Å². The summed E-state index contributed by atoms with van der Waals surface area (Å²) in [6, 6.07) is 13.1. The van der Waals surface area contributed by atoms with E-state index in [4.69, 9.17) is 4.74 Å². The zero-order chi connectivity index (χ0) is 17.8. The molecule has 0 aliphatic heterocycles. The van der Waals surface area contributed by atoms with E-state index in [0.29, 0.717) is 5.56 Å². The molecule has 0 saturated heterocycles. The first kappa shape index (κ1) is 17.7. The molecule has 0 heterocycles. The standard InChI is InChI=1S/C20H20BrNO3/c1-13(17-7-2-3-8-18(17)21)22-19(23)12-25-20(24)16-10-9-14-5-4-6-15(14)11-16/h2-3,7-11,13H,4-6,12H2,1H3,(H,22,23)/t13-/m0/s1. The number of amides is 1. The number of carbonyl (C=O) groups excluding carboxylic acids is 2. The van der Waals surface area contributed by atoms with Crippen LogP contribution in [0.5, 0.6) is 0 Å². The summed E-state index contributed by atoms with van der Waals surface area (Å²) in [7, 11) is 0. The molecule has 2 aromatic rings. The SMILES string of the molecule is C[C@H](NC(=O)COC(=O)c1ccc2c(c1)CCC2)c1ccccc1Br. The molecule has 0 spiro atoms. The Balaban J connectivity index is 1.53. The molecule has 0 saturated carbocycles. The van der Waals surface area contributed by atoms with Crippen LogP contribution in [0, 0.1) is 0 Å². The van der Waals surface area contributed by atoms with Gasteiger partial charge in [0.1, 0.15) is 0 Å². The molecule has 1 amide bonds. The number of fused-ring (bicyclic) bond motifs is 1. The largest absolute Gasteiger partial charge is 0.452 e. The summed E-state index contributed by atoms with van der Waals surface area (Å²) in [4.78, 5) is 24.2. The quantitative estimate of drug-likeness (QED) is 0.770. The number of esters is 1. The zero-order valence-electron chi connectivity index (χ0n) is 14.0. The maximum atomic E-state index is 12.1. The van der Waals surface area contributed by atoms with Crippen molar-refractivity contribution in [3.63, 3.8) is 0 Å². The molecule has 130 valence electrons. The Hall–Kier alpha value is -2.14. The fourth-order valence-corrected chi connectivity index (χ4v) is 3.73. The van der Waals surface area contributed by atoms with E-state index >= 15 is 0 Å². The third kappa shape index (κ3) is 4.28.